The molecule has 19 heavy (non-hydrogen) atoms. The highest BCUT2D eigenvalue weighted by atomic mass is 15.1. The molecule has 0 saturated heterocycles. The quantitative estimate of drug-likeness (QED) is 0.821. The first-order chi connectivity index (χ1) is 9.15. The van der Waals surface area contributed by atoms with Crippen LogP contribution < -0.4 is 5.73 Å². The molecule has 3 unspecified atom stereocenters. The van der Waals surface area contributed by atoms with Crippen molar-refractivity contribution < 1.29 is 0 Å². The van der Waals surface area contributed by atoms with Crippen molar-refractivity contribution in [2.75, 3.05) is 13.6 Å². The molecule has 0 aromatic rings. The number of nitrogens with two attached hydrogens (primary N) is 1. The van der Waals surface area contributed by atoms with E-state index in [9.17, 15) is 0 Å². The van der Waals surface area contributed by atoms with E-state index >= 15 is 0 Å². The molecule has 0 aromatic carbocycles. The Kier molecular flexibility index (Phi) is 9.16. The third-order valence-corrected chi connectivity index (χ3v) is 4.66. The van der Waals surface area contributed by atoms with Crippen LogP contribution in [0.25, 0.3) is 0 Å². The van der Waals surface area contributed by atoms with E-state index in [0.717, 1.165) is 24.3 Å². The van der Waals surface area contributed by atoms with E-state index in [1.807, 2.05) is 27.7 Å². The summed E-state index contributed by atoms with van der Waals surface area (Å²) in [5, 5.41) is 0. The molecule has 1 saturated carbocycles. The van der Waals surface area contributed by atoms with Gasteiger partial charge in [-0.1, -0.05) is 40.2 Å². The molecule has 3 atom stereocenters. The molecule has 2 heteroatoms. The van der Waals surface area contributed by atoms with E-state index in [2.05, 4.69) is 25.8 Å². The second-order valence-corrected chi connectivity index (χ2v) is 5.24. The summed E-state index contributed by atoms with van der Waals surface area (Å²) in [4.78, 5) is 2.51. The van der Waals surface area contributed by atoms with Gasteiger partial charge >= 0.3 is 0 Å². The number of rotatable bonds is 3. The summed E-state index contributed by atoms with van der Waals surface area (Å²) in [6.07, 6.45) is 5.23. The van der Waals surface area contributed by atoms with Crippen LogP contribution in [0.1, 0.15) is 67.2 Å². The van der Waals surface area contributed by atoms with Crippen LogP contribution in [0, 0.1) is 11.8 Å². The predicted molar refractivity (Wildman–Crippen MR) is 87.1 cm³/mol. The topological polar surface area (TPSA) is 29.3 Å². The van der Waals surface area contributed by atoms with E-state index in [0.29, 0.717) is 0 Å². The standard InChI is InChI=1S/C13H24N2.2C2H6/c1-4-15(3)13-8-6-11(13)10-5-7-12(14)9(10)2;2*1-2/h10-11,13H,4-8,14H2,1-3H3;2*1-2H3. The van der Waals surface area contributed by atoms with Crippen LogP contribution in [0.15, 0.2) is 11.3 Å². The van der Waals surface area contributed by atoms with Gasteiger partial charge in [0.15, 0.2) is 0 Å². The van der Waals surface area contributed by atoms with Crippen molar-refractivity contribution in [1.82, 2.24) is 4.90 Å². The van der Waals surface area contributed by atoms with E-state index in [1.54, 1.807) is 0 Å². The fourth-order valence-corrected chi connectivity index (χ4v) is 3.26. The average molecular weight is 268 g/mol. The van der Waals surface area contributed by atoms with Crippen LogP contribution in [-0.2, 0) is 0 Å². The minimum absolute atomic E-state index is 0.790. The van der Waals surface area contributed by atoms with Crippen LogP contribution in [0.3, 0.4) is 0 Å². The molecule has 0 spiro atoms. The maximum Gasteiger partial charge on any atom is 0.0126 e. The molecule has 2 aliphatic rings. The lowest BCUT2D eigenvalue weighted by Gasteiger charge is -2.46. The summed E-state index contributed by atoms with van der Waals surface area (Å²) >= 11 is 0. The van der Waals surface area contributed by atoms with Gasteiger partial charge in [-0.15, -0.1) is 0 Å². The lowest BCUT2D eigenvalue weighted by molar-refractivity contribution is 0.0576. The number of allylic oxidation sites excluding steroid dienone is 2. The highest BCUT2D eigenvalue weighted by Gasteiger charge is 2.41. The Bertz CT molecular complexity index is 270. The molecule has 2 aliphatic carbocycles. The Morgan fingerprint density at radius 3 is 2.00 bits per heavy atom. The van der Waals surface area contributed by atoms with Crippen LogP contribution in [-0.4, -0.2) is 24.5 Å². The van der Waals surface area contributed by atoms with Crippen LogP contribution in [0.5, 0.6) is 0 Å². The second kappa shape index (κ2) is 9.41. The van der Waals surface area contributed by atoms with Gasteiger partial charge < -0.3 is 10.6 Å². The zero-order chi connectivity index (χ0) is 15.0. The first-order valence-corrected chi connectivity index (χ1v) is 8.30. The summed E-state index contributed by atoms with van der Waals surface area (Å²) in [5.74, 6) is 1.67. The molecule has 0 aliphatic heterocycles. The summed E-state index contributed by atoms with van der Waals surface area (Å²) in [7, 11) is 2.26. The normalized spacial score (nSPS) is 29.2. The number of hydrogen-bond donors (Lipinski definition) is 1. The average Bonchev–Trinajstić information content (AvgIpc) is 2.74. The molecule has 2 nitrogen and oxygen atoms in total. The molecule has 2 rings (SSSR count). The monoisotopic (exact) mass is 268 g/mol. The Hall–Kier alpha value is -0.500. The number of nitrogens with zero attached hydrogens (tertiary/aromatic N) is 1. The second-order valence-electron chi connectivity index (χ2n) is 5.24. The van der Waals surface area contributed by atoms with Gasteiger partial charge in [0, 0.05) is 11.7 Å². The molecule has 0 amide bonds. The van der Waals surface area contributed by atoms with Gasteiger partial charge in [-0.05, 0) is 58.0 Å². The molecule has 0 aromatic heterocycles. The zero-order valence-electron chi connectivity index (χ0n) is 14.3. The lowest BCUT2D eigenvalue weighted by Crippen LogP contribution is -2.48. The van der Waals surface area contributed by atoms with E-state index in [4.69, 9.17) is 5.73 Å². The SMILES string of the molecule is CC.CC.CCN(C)C1CCC1C1CCC(N)=C1C. The maximum absolute atomic E-state index is 6.01. The minimum Gasteiger partial charge on any atom is -0.402 e. The van der Waals surface area contributed by atoms with E-state index < -0.39 is 0 Å². The van der Waals surface area contributed by atoms with Gasteiger partial charge in [0.1, 0.15) is 0 Å². The molecular weight excluding hydrogens is 232 g/mol. The van der Waals surface area contributed by atoms with Gasteiger partial charge in [-0.2, -0.15) is 0 Å². The number of hydrogen-bond acceptors (Lipinski definition) is 2. The summed E-state index contributed by atoms with van der Waals surface area (Å²) in [5.41, 5.74) is 8.67. The molecule has 0 heterocycles. The van der Waals surface area contributed by atoms with Gasteiger partial charge in [0.25, 0.3) is 0 Å². The fraction of sp³-hybridized carbons (Fsp3) is 0.882. The Balaban J connectivity index is 0.000000741. The third kappa shape index (κ3) is 4.24. The minimum atomic E-state index is 0.790. The van der Waals surface area contributed by atoms with Crippen molar-refractivity contribution in [3.63, 3.8) is 0 Å². The fourth-order valence-electron chi connectivity index (χ4n) is 3.26. The molecule has 2 N–H and O–H groups in total. The van der Waals surface area contributed by atoms with Crippen LogP contribution in [0.2, 0.25) is 0 Å². The molecule has 0 bridgehead atoms. The largest absolute Gasteiger partial charge is 0.402 e. The van der Waals surface area contributed by atoms with Crippen molar-refractivity contribution in [2.45, 2.75) is 73.3 Å². The smallest absolute Gasteiger partial charge is 0.0126 e. The summed E-state index contributed by atoms with van der Waals surface area (Å²) in [6.45, 7) is 13.7. The molecule has 0 radical (unpaired) electrons. The van der Waals surface area contributed by atoms with Gasteiger partial charge in [-0.25, -0.2) is 0 Å². The van der Waals surface area contributed by atoms with Crippen LogP contribution in [0.4, 0.5) is 0 Å². The maximum atomic E-state index is 6.01. The van der Waals surface area contributed by atoms with Crippen molar-refractivity contribution in [1.29, 1.82) is 0 Å². The molecule has 114 valence electrons. The molecular formula is C17H36N2. The van der Waals surface area contributed by atoms with Gasteiger partial charge in [-0.3, -0.25) is 0 Å². The Morgan fingerprint density at radius 2 is 1.68 bits per heavy atom. The first kappa shape index (κ1) is 18.5. The van der Waals surface area contributed by atoms with E-state index in [1.165, 1.54) is 37.1 Å². The predicted octanol–water partition coefficient (Wildman–Crippen LogP) is 4.41. The lowest BCUT2D eigenvalue weighted by atomic mass is 9.69. The van der Waals surface area contributed by atoms with Crippen molar-refractivity contribution >= 4 is 0 Å². The Morgan fingerprint density at radius 1 is 1.11 bits per heavy atom. The van der Waals surface area contributed by atoms with E-state index in [-0.39, 0.29) is 0 Å². The summed E-state index contributed by atoms with van der Waals surface area (Å²) < 4.78 is 0. The first-order valence-electron chi connectivity index (χ1n) is 8.30. The molecule has 1 fully saturated rings. The van der Waals surface area contributed by atoms with Gasteiger partial charge in [0.05, 0.1) is 0 Å². The zero-order valence-corrected chi connectivity index (χ0v) is 14.3. The van der Waals surface area contributed by atoms with Crippen molar-refractivity contribution in [2.24, 2.45) is 17.6 Å². The highest BCUT2D eigenvalue weighted by molar-refractivity contribution is 5.20. The van der Waals surface area contributed by atoms with Gasteiger partial charge in [0.2, 0.25) is 0 Å². The highest BCUT2D eigenvalue weighted by Crippen LogP contribution is 2.45. The van der Waals surface area contributed by atoms with Crippen molar-refractivity contribution in [3.05, 3.63) is 11.3 Å². The third-order valence-electron chi connectivity index (χ3n) is 4.66. The Labute approximate surface area is 121 Å². The summed E-state index contributed by atoms with van der Waals surface area (Å²) in [6, 6.07) is 0.820. The van der Waals surface area contributed by atoms with Crippen molar-refractivity contribution in [3.8, 4) is 0 Å². The van der Waals surface area contributed by atoms with Crippen LogP contribution >= 0.6 is 0 Å².